The lowest BCUT2D eigenvalue weighted by molar-refractivity contribution is 0.652. The number of aromatic nitrogens is 2. The Bertz CT molecular complexity index is 698. The van der Waals surface area contributed by atoms with Gasteiger partial charge in [-0.3, -0.25) is 0 Å². The van der Waals surface area contributed by atoms with E-state index in [1.54, 1.807) is 0 Å². The number of hydrogen-bond donors (Lipinski definition) is 0. The molecule has 0 aliphatic heterocycles. The molecule has 2 aromatic heterocycles. The Hall–Kier alpha value is -2.09. The Balaban J connectivity index is 1.87. The molecular weight excluding hydrogens is 256 g/mol. The maximum Gasteiger partial charge on any atom is 0.0933 e. The molecule has 0 atom stereocenters. The van der Waals surface area contributed by atoms with Gasteiger partial charge in [0.1, 0.15) is 0 Å². The van der Waals surface area contributed by atoms with E-state index in [2.05, 4.69) is 60.0 Å². The number of rotatable bonds is 6. The van der Waals surface area contributed by atoms with Crippen LogP contribution in [-0.2, 0) is 6.42 Å². The van der Waals surface area contributed by atoms with Gasteiger partial charge >= 0.3 is 0 Å². The smallest absolute Gasteiger partial charge is 0.0933 e. The van der Waals surface area contributed by atoms with Crippen LogP contribution in [0.25, 0.3) is 16.8 Å². The molecule has 2 heteroatoms. The van der Waals surface area contributed by atoms with Crippen molar-refractivity contribution >= 4 is 5.52 Å². The summed E-state index contributed by atoms with van der Waals surface area (Å²) in [5.41, 5.74) is 4.72. The predicted molar refractivity (Wildman–Crippen MR) is 88.5 cm³/mol. The van der Waals surface area contributed by atoms with Gasteiger partial charge in [0, 0.05) is 11.3 Å². The van der Waals surface area contributed by atoms with Gasteiger partial charge in [-0.05, 0) is 31.0 Å². The van der Waals surface area contributed by atoms with Crippen LogP contribution in [0, 0.1) is 0 Å². The van der Waals surface area contributed by atoms with Crippen molar-refractivity contribution in [1.29, 1.82) is 0 Å². The minimum absolute atomic E-state index is 1.05. The van der Waals surface area contributed by atoms with E-state index in [9.17, 15) is 0 Å². The summed E-state index contributed by atoms with van der Waals surface area (Å²) in [7, 11) is 0. The van der Waals surface area contributed by atoms with Crippen molar-refractivity contribution in [3.8, 4) is 11.3 Å². The van der Waals surface area contributed by atoms with Crippen LogP contribution in [0.15, 0.2) is 54.6 Å². The van der Waals surface area contributed by atoms with Crippen molar-refractivity contribution < 1.29 is 0 Å². The van der Waals surface area contributed by atoms with E-state index in [1.807, 2.05) is 6.07 Å². The summed E-state index contributed by atoms with van der Waals surface area (Å²) in [5.74, 6) is 0. The van der Waals surface area contributed by atoms with Gasteiger partial charge in [0.25, 0.3) is 0 Å². The van der Waals surface area contributed by atoms with Crippen molar-refractivity contribution in [2.45, 2.75) is 39.0 Å². The van der Waals surface area contributed by atoms with E-state index in [0.29, 0.717) is 0 Å². The van der Waals surface area contributed by atoms with Gasteiger partial charge in [-0.15, -0.1) is 0 Å². The lowest BCUT2D eigenvalue weighted by Gasteiger charge is -2.04. The molecular formula is C19H22N2. The maximum atomic E-state index is 4.80. The van der Waals surface area contributed by atoms with Crippen LogP contribution in [-0.4, -0.2) is 9.61 Å². The molecule has 0 saturated carbocycles. The first-order chi connectivity index (χ1) is 10.4. The Morgan fingerprint density at radius 1 is 0.905 bits per heavy atom. The van der Waals surface area contributed by atoms with Gasteiger partial charge < -0.3 is 0 Å². The molecule has 0 bridgehead atoms. The Morgan fingerprint density at radius 3 is 2.57 bits per heavy atom. The first kappa shape index (κ1) is 13.9. The van der Waals surface area contributed by atoms with Crippen LogP contribution in [0.4, 0.5) is 0 Å². The third-order valence-corrected chi connectivity index (χ3v) is 3.92. The molecule has 0 unspecified atom stereocenters. The van der Waals surface area contributed by atoms with Gasteiger partial charge in [0.05, 0.1) is 11.2 Å². The first-order valence-corrected chi connectivity index (χ1v) is 7.91. The normalized spacial score (nSPS) is 11.1. The van der Waals surface area contributed by atoms with E-state index >= 15 is 0 Å². The number of aryl methyl sites for hydroxylation is 1. The van der Waals surface area contributed by atoms with Gasteiger partial charge in [0.15, 0.2) is 0 Å². The maximum absolute atomic E-state index is 4.80. The minimum Gasteiger partial charge on any atom is -0.237 e. The molecule has 3 aromatic rings. The fraction of sp³-hybridized carbons (Fsp3) is 0.316. The lowest BCUT2D eigenvalue weighted by atomic mass is 10.1. The summed E-state index contributed by atoms with van der Waals surface area (Å²) in [6.45, 7) is 2.25. The van der Waals surface area contributed by atoms with E-state index < -0.39 is 0 Å². The standard InChI is InChI=1S/C19H22N2/c1-2-3-4-8-12-17-13-9-14-18-15-19(20-21(17)18)16-10-6-5-7-11-16/h5-7,9-11,13-15H,2-4,8,12H2,1H3. The number of nitrogens with zero attached hydrogens (tertiary/aromatic N) is 2. The number of pyridine rings is 1. The highest BCUT2D eigenvalue weighted by atomic mass is 15.2. The molecule has 0 saturated heterocycles. The van der Waals surface area contributed by atoms with Crippen molar-refractivity contribution in [3.05, 3.63) is 60.3 Å². The summed E-state index contributed by atoms with van der Waals surface area (Å²) < 4.78 is 2.11. The average Bonchev–Trinajstić information content (AvgIpc) is 2.97. The summed E-state index contributed by atoms with van der Waals surface area (Å²) >= 11 is 0. The van der Waals surface area contributed by atoms with Crippen molar-refractivity contribution in [2.75, 3.05) is 0 Å². The molecule has 0 aliphatic rings. The summed E-state index contributed by atoms with van der Waals surface area (Å²) in [5, 5.41) is 4.80. The quantitative estimate of drug-likeness (QED) is 0.572. The number of unbranched alkanes of at least 4 members (excludes halogenated alkanes) is 3. The van der Waals surface area contributed by atoms with Crippen molar-refractivity contribution in [2.24, 2.45) is 0 Å². The van der Waals surface area contributed by atoms with Gasteiger partial charge in [-0.2, -0.15) is 5.10 Å². The van der Waals surface area contributed by atoms with Crippen molar-refractivity contribution in [3.63, 3.8) is 0 Å². The fourth-order valence-corrected chi connectivity index (χ4v) is 2.74. The van der Waals surface area contributed by atoms with E-state index in [1.165, 1.54) is 42.5 Å². The molecule has 108 valence electrons. The largest absolute Gasteiger partial charge is 0.237 e. The van der Waals surface area contributed by atoms with Gasteiger partial charge in [0.2, 0.25) is 0 Å². The van der Waals surface area contributed by atoms with Crippen LogP contribution in [0.1, 0.15) is 38.3 Å². The highest BCUT2D eigenvalue weighted by Crippen LogP contribution is 2.21. The molecule has 3 rings (SSSR count). The second-order valence-corrected chi connectivity index (χ2v) is 5.56. The van der Waals surface area contributed by atoms with Crippen LogP contribution >= 0.6 is 0 Å². The number of fused-ring (bicyclic) bond motifs is 1. The zero-order valence-electron chi connectivity index (χ0n) is 12.6. The first-order valence-electron chi connectivity index (χ1n) is 7.91. The van der Waals surface area contributed by atoms with Crippen LogP contribution in [0.5, 0.6) is 0 Å². The summed E-state index contributed by atoms with van der Waals surface area (Å²) in [6, 6.07) is 19.0. The third-order valence-electron chi connectivity index (χ3n) is 3.92. The minimum atomic E-state index is 1.05. The van der Waals surface area contributed by atoms with E-state index in [4.69, 9.17) is 5.10 Å². The van der Waals surface area contributed by atoms with Gasteiger partial charge in [-0.1, -0.05) is 62.6 Å². The SMILES string of the molecule is CCCCCCc1cccc2cc(-c3ccccc3)nn12. The molecule has 0 radical (unpaired) electrons. The van der Waals surface area contributed by atoms with Crippen LogP contribution in [0.3, 0.4) is 0 Å². The second-order valence-electron chi connectivity index (χ2n) is 5.56. The van der Waals surface area contributed by atoms with Crippen LogP contribution in [0.2, 0.25) is 0 Å². The molecule has 0 amide bonds. The van der Waals surface area contributed by atoms with Crippen LogP contribution < -0.4 is 0 Å². The molecule has 0 N–H and O–H groups in total. The second kappa shape index (κ2) is 6.57. The Kier molecular flexibility index (Phi) is 4.34. The predicted octanol–water partition coefficient (Wildman–Crippen LogP) is 5.12. The molecule has 2 heterocycles. The fourth-order valence-electron chi connectivity index (χ4n) is 2.74. The molecule has 1 aromatic carbocycles. The van der Waals surface area contributed by atoms with Crippen molar-refractivity contribution in [1.82, 2.24) is 9.61 Å². The zero-order chi connectivity index (χ0) is 14.5. The Morgan fingerprint density at radius 2 is 1.76 bits per heavy atom. The molecule has 2 nitrogen and oxygen atoms in total. The zero-order valence-corrected chi connectivity index (χ0v) is 12.6. The third kappa shape index (κ3) is 3.15. The average molecular weight is 278 g/mol. The summed E-state index contributed by atoms with van der Waals surface area (Å²) in [6.07, 6.45) is 6.26. The van der Waals surface area contributed by atoms with Gasteiger partial charge in [-0.25, -0.2) is 4.52 Å². The molecule has 0 fully saturated rings. The monoisotopic (exact) mass is 278 g/mol. The number of hydrogen-bond acceptors (Lipinski definition) is 1. The topological polar surface area (TPSA) is 17.3 Å². The highest BCUT2D eigenvalue weighted by molar-refractivity contribution is 5.66. The Labute approximate surface area is 126 Å². The highest BCUT2D eigenvalue weighted by Gasteiger charge is 2.06. The number of benzene rings is 1. The molecule has 0 spiro atoms. The summed E-state index contributed by atoms with van der Waals surface area (Å²) in [4.78, 5) is 0. The molecule has 0 aliphatic carbocycles. The van der Waals surface area contributed by atoms with E-state index in [-0.39, 0.29) is 0 Å². The lowest BCUT2D eigenvalue weighted by Crippen LogP contribution is -1.98. The molecule has 21 heavy (non-hydrogen) atoms. The van der Waals surface area contributed by atoms with E-state index in [0.717, 1.165) is 12.1 Å².